The number of nitrogens with zero attached hydrogens (tertiary/aromatic N) is 2. The van der Waals surface area contributed by atoms with E-state index in [1.54, 1.807) is 18.3 Å². The number of pyridine rings is 1. The number of halogens is 1. The molecule has 2 amide bonds. The van der Waals surface area contributed by atoms with E-state index >= 15 is 0 Å². The first kappa shape index (κ1) is 21.3. The van der Waals surface area contributed by atoms with Crippen molar-refractivity contribution in [3.63, 3.8) is 0 Å². The molecule has 1 aromatic heterocycles. The van der Waals surface area contributed by atoms with Gasteiger partial charge < -0.3 is 19.7 Å². The van der Waals surface area contributed by atoms with Crippen molar-refractivity contribution < 1.29 is 14.3 Å². The number of allylic oxidation sites excluding steroid dienone is 1. The third-order valence-electron chi connectivity index (χ3n) is 5.76. The molecule has 3 aromatic rings. The Morgan fingerprint density at radius 3 is 2.76 bits per heavy atom. The lowest BCUT2D eigenvalue weighted by Crippen LogP contribution is -2.52. The summed E-state index contributed by atoms with van der Waals surface area (Å²) in [5.74, 6) is 2.62. The van der Waals surface area contributed by atoms with Gasteiger partial charge in [0.15, 0.2) is 0 Å². The SMILES string of the molecule is O=C(Nc1cnc2c(c1)C=CC2)N1CC(CCOc2cccc(Oc3ccc(Cl)cc3)c2)C1. The first-order valence-electron chi connectivity index (χ1n) is 11.0. The van der Waals surface area contributed by atoms with Crippen LogP contribution in [0.4, 0.5) is 10.5 Å². The highest BCUT2D eigenvalue weighted by Crippen LogP contribution is 2.27. The van der Waals surface area contributed by atoms with E-state index in [4.69, 9.17) is 21.1 Å². The lowest BCUT2D eigenvalue weighted by molar-refractivity contribution is 0.113. The van der Waals surface area contributed by atoms with Crippen LogP contribution in [0.15, 0.2) is 66.9 Å². The van der Waals surface area contributed by atoms with Crippen LogP contribution in [0.1, 0.15) is 17.7 Å². The molecule has 2 heterocycles. The molecule has 1 aliphatic carbocycles. The molecule has 7 heteroatoms. The second-order valence-electron chi connectivity index (χ2n) is 8.24. The zero-order valence-corrected chi connectivity index (χ0v) is 18.8. The van der Waals surface area contributed by atoms with Crippen LogP contribution in [0.5, 0.6) is 17.2 Å². The van der Waals surface area contributed by atoms with Gasteiger partial charge in [-0.05, 0) is 60.4 Å². The van der Waals surface area contributed by atoms with Gasteiger partial charge in [-0.2, -0.15) is 0 Å². The predicted octanol–water partition coefficient (Wildman–Crippen LogP) is 6.03. The summed E-state index contributed by atoms with van der Waals surface area (Å²) in [6.07, 6.45) is 7.58. The molecule has 2 aliphatic rings. The Balaban J connectivity index is 1.04. The summed E-state index contributed by atoms with van der Waals surface area (Å²) in [5, 5.41) is 3.61. The fraction of sp³-hybridized carbons (Fsp3) is 0.231. The summed E-state index contributed by atoms with van der Waals surface area (Å²) >= 11 is 5.91. The first-order valence-corrected chi connectivity index (χ1v) is 11.4. The minimum Gasteiger partial charge on any atom is -0.493 e. The quantitative estimate of drug-likeness (QED) is 0.466. The highest BCUT2D eigenvalue weighted by atomic mass is 35.5. The van der Waals surface area contributed by atoms with Crippen LogP contribution >= 0.6 is 11.6 Å². The number of hydrogen-bond acceptors (Lipinski definition) is 4. The Kier molecular flexibility index (Phi) is 6.17. The van der Waals surface area contributed by atoms with E-state index < -0.39 is 0 Å². The third kappa shape index (κ3) is 5.29. The highest BCUT2D eigenvalue weighted by molar-refractivity contribution is 6.30. The molecule has 0 atom stereocenters. The van der Waals surface area contributed by atoms with Crippen molar-refractivity contribution in [2.45, 2.75) is 12.8 Å². The predicted molar refractivity (Wildman–Crippen MR) is 129 cm³/mol. The molecular formula is C26H24ClN3O3. The number of benzene rings is 2. The van der Waals surface area contributed by atoms with E-state index in [-0.39, 0.29) is 6.03 Å². The molecule has 33 heavy (non-hydrogen) atoms. The van der Waals surface area contributed by atoms with E-state index in [9.17, 15) is 4.79 Å². The number of anilines is 1. The minimum absolute atomic E-state index is 0.0806. The Labute approximate surface area is 197 Å². The Bertz CT molecular complexity index is 1170. The van der Waals surface area contributed by atoms with Gasteiger partial charge in [-0.15, -0.1) is 0 Å². The maximum atomic E-state index is 12.5. The molecule has 2 aromatic carbocycles. The van der Waals surface area contributed by atoms with E-state index in [1.807, 2.05) is 53.4 Å². The molecule has 6 nitrogen and oxygen atoms in total. The smallest absolute Gasteiger partial charge is 0.321 e. The van der Waals surface area contributed by atoms with Crippen molar-refractivity contribution in [1.29, 1.82) is 0 Å². The maximum absolute atomic E-state index is 12.5. The van der Waals surface area contributed by atoms with Crippen LogP contribution in [0.3, 0.4) is 0 Å². The van der Waals surface area contributed by atoms with Gasteiger partial charge in [-0.25, -0.2) is 4.79 Å². The zero-order valence-electron chi connectivity index (χ0n) is 18.0. The number of carbonyl (C=O) groups is 1. The maximum Gasteiger partial charge on any atom is 0.321 e. The zero-order chi connectivity index (χ0) is 22.6. The number of nitrogens with one attached hydrogen (secondary N) is 1. The van der Waals surface area contributed by atoms with Gasteiger partial charge in [0.2, 0.25) is 0 Å². The monoisotopic (exact) mass is 461 g/mol. The number of fused-ring (bicyclic) bond motifs is 1. The van der Waals surface area contributed by atoms with Crippen molar-refractivity contribution in [2.24, 2.45) is 5.92 Å². The summed E-state index contributed by atoms with van der Waals surface area (Å²) in [4.78, 5) is 18.7. The van der Waals surface area contributed by atoms with Crippen molar-refractivity contribution >= 4 is 29.4 Å². The number of amides is 2. The molecule has 5 rings (SSSR count). The standard InChI is InChI=1S/C26H24ClN3O3/c27-20-7-9-22(10-8-20)33-24-5-2-4-23(14-24)32-12-11-18-16-30(17-18)26(31)29-21-13-19-3-1-6-25(19)28-15-21/h1-5,7-10,13-15,18H,6,11-12,16-17H2,(H,29,31). The van der Waals surface area contributed by atoms with Crippen LogP contribution in [-0.4, -0.2) is 35.6 Å². The van der Waals surface area contributed by atoms with Gasteiger partial charge in [0, 0.05) is 30.6 Å². The van der Waals surface area contributed by atoms with Crippen molar-refractivity contribution in [3.05, 3.63) is 83.2 Å². The summed E-state index contributed by atoms with van der Waals surface area (Å²) < 4.78 is 11.8. The molecule has 0 unspecified atom stereocenters. The van der Waals surface area contributed by atoms with Gasteiger partial charge in [0.1, 0.15) is 17.2 Å². The summed E-state index contributed by atoms with van der Waals surface area (Å²) in [6, 6.07) is 16.7. The number of ether oxygens (including phenoxy) is 2. The molecule has 1 saturated heterocycles. The molecular weight excluding hydrogens is 438 g/mol. The summed E-state index contributed by atoms with van der Waals surface area (Å²) in [6.45, 7) is 2.05. The summed E-state index contributed by atoms with van der Waals surface area (Å²) in [5.41, 5.74) is 2.87. The molecule has 1 N–H and O–H groups in total. The average molecular weight is 462 g/mol. The number of aromatic nitrogens is 1. The largest absolute Gasteiger partial charge is 0.493 e. The number of hydrogen-bond donors (Lipinski definition) is 1. The van der Waals surface area contributed by atoms with Crippen molar-refractivity contribution in [2.75, 3.05) is 25.0 Å². The summed E-state index contributed by atoms with van der Waals surface area (Å²) in [7, 11) is 0. The topological polar surface area (TPSA) is 63.7 Å². The highest BCUT2D eigenvalue weighted by Gasteiger charge is 2.30. The van der Waals surface area contributed by atoms with Crippen LogP contribution in [0.2, 0.25) is 5.02 Å². The molecule has 1 aliphatic heterocycles. The van der Waals surface area contributed by atoms with Crippen molar-refractivity contribution in [3.8, 4) is 17.2 Å². The number of likely N-dealkylation sites (tertiary alicyclic amines) is 1. The fourth-order valence-electron chi connectivity index (χ4n) is 3.92. The normalized spacial score (nSPS) is 14.5. The van der Waals surface area contributed by atoms with Crippen LogP contribution in [0, 0.1) is 5.92 Å². The molecule has 0 saturated carbocycles. The van der Waals surface area contributed by atoms with Gasteiger partial charge in [0.05, 0.1) is 24.2 Å². The average Bonchev–Trinajstić information content (AvgIpc) is 3.25. The molecule has 168 valence electrons. The molecule has 0 spiro atoms. The lowest BCUT2D eigenvalue weighted by atomic mass is 9.97. The van der Waals surface area contributed by atoms with Crippen LogP contribution < -0.4 is 14.8 Å². The number of urea groups is 1. The van der Waals surface area contributed by atoms with Gasteiger partial charge in [-0.1, -0.05) is 29.8 Å². The van der Waals surface area contributed by atoms with Crippen LogP contribution in [-0.2, 0) is 6.42 Å². The number of rotatable bonds is 7. The Morgan fingerprint density at radius 2 is 1.91 bits per heavy atom. The van der Waals surface area contributed by atoms with E-state index in [1.165, 1.54) is 0 Å². The van der Waals surface area contributed by atoms with E-state index in [2.05, 4.69) is 16.4 Å². The lowest BCUT2D eigenvalue weighted by Gasteiger charge is -2.39. The van der Waals surface area contributed by atoms with Crippen molar-refractivity contribution in [1.82, 2.24) is 9.88 Å². The molecule has 0 bridgehead atoms. The van der Waals surface area contributed by atoms with Crippen LogP contribution in [0.25, 0.3) is 6.08 Å². The van der Waals surface area contributed by atoms with E-state index in [0.29, 0.717) is 23.3 Å². The molecule has 1 fully saturated rings. The second-order valence-corrected chi connectivity index (χ2v) is 8.67. The fourth-order valence-corrected chi connectivity index (χ4v) is 4.05. The van der Waals surface area contributed by atoms with Gasteiger partial charge in [-0.3, -0.25) is 4.98 Å². The van der Waals surface area contributed by atoms with Gasteiger partial charge in [0.25, 0.3) is 0 Å². The molecule has 0 radical (unpaired) electrons. The van der Waals surface area contributed by atoms with E-state index in [0.717, 1.165) is 54.4 Å². The first-order chi connectivity index (χ1) is 16.1. The Morgan fingerprint density at radius 1 is 1.09 bits per heavy atom. The number of carbonyl (C=O) groups excluding carboxylic acids is 1. The minimum atomic E-state index is -0.0806. The Hall–Kier alpha value is -3.51. The third-order valence-corrected chi connectivity index (χ3v) is 6.01. The van der Waals surface area contributed by atoms with Gasteiger partial charge >= 0.3 is 6.03 Å². The second kappa shape index (κ2) is 9.55.